The van der Waals surface area contributed by atoms with Gasteiger partial charge >= 0.3 is 0 Å². The second kappa shape index (κ2) is 4.82. The first-order valence-electron chi connectivity index (χ1n) is 7.21. The van der Waals surface area contributed by atoms with Crippen LogP contribution in [0.25, 0.3) is 0 Å². The fourth-order valence-electron chi connectivity index (χ4n) is 3.52. The first-order valence-corrected chi connectivity index (χ1v) is 8.09. The summed E-state index contributed by atoms with van der Waals surface area (Å²) in [7, 11) is 0. The Kier molecular flexibility index (Phi) is 3.29. The highest BCUT2D eigenvalue weighted by Gasteiger charge is 2.46. The molecule has 4 heteroatoms. The van der Waals surface area contributed by atoms with Crippen LogP contribution in [-0.4, -0.2) is 22.9 Å². The summed E-state index contributed by atoms with van der Waals surface area (Å²) in [5.74, 6) is 2.34. The highest BCUT2D eigenvalue weighted by atomic mass is 32.1. The van der Waals surface area contributed by atoms with E-state index in [2.05, 4.69) is 41.3 Å². The Hall–Kier alpha value is -1.03. The summed E-state index contributed by atoms with van der Waals surface area (Å²) in [5.41, 5.74) is 6.36. The van der Waals surface area contributed by atoms with Crippen molar-refractivity contribution >= 4 is 17.3 Å². The van der Waals surface area contributed by atoms with Gasteiger partial charge in [-0.1, -0.05) is 19.9 Å². The summed E-state index contributed by atoms with van der Waals surface area (Å²) in [4.78, 5) is 8.32. The molecule has 2 aliphatic rings. The summed E-state index contributed by atoms with van der Waals surface area (Å²) in [5, 5.41) is 2.14. The number of guanidine groups is 1. The minimum absolute atomic E-state index is 0.194. The maximum Gasteiger partial charge on any atom is 0.192 e. The van der Waals surface area contributed by atoms with Crippen LogP contribution in [0.4, 0.5) is 0 Å². The summed E-state index contributed by atoms with van der Waals surface area (Å²) in [6, 6.07) is 4.31. The van der Waals surface area contributed by atoms with Crippen LogP contribution >= 0.6 is 11.3 Å². The fourth-order valence-corrected chi connectivity index (χ4v) is 4.21. The molecule has 0 amide bonds. The first kappa shape index (κ1) is 13.0. The molecule has 1 fully saturated rings. The maximum absolute atomic E-state index is 6.16. The Morgan fingerprint density at radius 2 is 2.32 bits per heavy atom. The van der Waals surface area contributed by atoms with Gasteiger partial charge < -0.3 is 10.6 Å². The number of thiophene rings is 1. The van der Waals surface area contributed by atoms with Gasteiger partial charge in [0.1, 0.15) is 0 Å². The molecule has 1 saturated carbocycles. The Bertz CT molecular complexity index is 468. The van der Waals surface area contributed by atoms with Crippen LogP contribution in [0.15, 0.2) is 22.5 Å². The normalized spacial score (nSPS) is 34.8. The van der Waals surface area contributed by atoms with Crippen molar-refractivity contribution in [2.24, 2.45) is 22.6 Å². The molecular formula is C15H23N3S. The second-order valence-electron chi connectivity index (χ2n) is 6.26. The molecule has 1 aliphatic heterocycles. The van der Waals surface area contributed by atoms with Crippen molar-refractivity contribution < 1.29 is 0 Å². The molecule has 1 aromatic rings. The minimum Gasteiger partial charge on any atom is -0.370 e. The second-order valence-corrected chi connectivity index (χ2v) is 7.29. The number of nitrogens with zero attached hydrogens (tertiary/aromatic N) is 2. The summed E-state index contributed by atoms with van der Waals surface area (Å²) in [6.45, 7) is 6.57. The van der Waals surface area contributed by atoms with E-state index in [0.717, 1.165) is 30.9 Å². The molecule has 3 rings (SSSR count). The van der Waals surface area contributed by atoms with E-state index in [1.54, 1.807) is 0 Å². The molecular weight excluding hydrogens is 254 g/mol. The summed E-state index contributed by atoms with van der Waals surface area (Å²) < 4.78 is 0. The van der Waals surface area contributed by atoms with E-state index < -0.39 is 0 Å². The molecule has 0 radical (unpaired) electrons. The third-order valence-corrected chi connectivity index (χ3v) is 5.88. The zero-order valence-electron chi connectivity index (χ0n) is 11.8. The molecule has 3 atom stereocenters. The summed E-state index contributed by atoms with van der Waals surface area (Å²) >= 11 is 1.81. The average molecular weight is 277 g/mol. The van der Waals surface area contributed by atoms with Gasteiger partial charge in [0.25, 0.3) is 0 Å². The number of hydrogen-bond donors (Lipinski definition) is 1. The topological polar surface area (TPSA) is 41.6 Å². The van der Waals surface area contributed by atoms with Gasteiger partial charge in [-0.3, -0.25) is 4.99 Å². The van der Waals surface area contributed by atoms with E-state index in [1.165, 1.54) is 24.1 Å². The van der Waals surface area contributed by atoms with Gasteiger partial charge in [0, 0.05) is 4.88 Å². The van der Waals surface area contributed by atoms with Gasteiger partial charge in [0.05, 0.1) is 18.6 Å². The monoisotopic (exact) mass is 277 g/mol. The predicted molar refractivity (Wildman–Crippen MR) is 81.3 cm³/mol. The third kappa shape index (κ3) is 2.27. The van der Waals surface area contributed by atoms with Gasteiger partial charge in [0.2, 0.25) is 0 Å². The number of aliphatic imine (C=N–C) groups is 1. The molecule has 0 bridgehead atoms. The van der Waals surface area contributed by atoms with Crippen LogP contribution in [0, 0.1) is 11.8 Å². The third-order valence-electron chi connectivity index (χ3n) is 5.02. The molecule has 0 saturated heterocycles. The first-order chi connectivity index (χ1) is 9.11. The smallest absolute Gasteiger partial charge is 0.192 e. The highest BCUT2D eigenvalue weighted by molar-refractivity contribution is 7.09. The molecule has 3 nitrogen and oxygen atoms in total. The van der Waals surface area contributed by atoms with Crippen LogP contribution in [0.5, 0.6) is 0 Å². The van der Waals surface area contributed by atoms with Crippen LogP contribution in [-0.2, 0) is 6.54 Å². The van der Waals surface area contributed by atoms with Crippen molar-refractivity contribution in [2.45, 2.75) is 45.2 Å². The van der Waals surface area contributed by atoms with Crippen molar-refractivity contribution in [1.82, 2.24) is 4.90 Å². The van der Waals surface area contributed by atoms with Gasteiger partial charge in [0.15, 0.2) is 5.96 Å². The van der Waals surface area contributed by atoms with Gasteiger partial charge in [-0.25, -0.2) is 0 Å². The van der Waals surface area contributed by atoms with E-state index in [4.69, 9.17) is 5.73 Å². The highest BCUT2D eigenvalue weighted by Crippen LogP contribution is 2.42. The van der Waals surface area contributed by atoms with Crippen LogP contribution < -0.4 is 5.73 Å². The van der Waals surface area contributed by atoms with Crippen molar-refractivity contribution in [1.29, 1.82) is 0 Å². The van der Waals surface area contributed by atoms with E-state index >= 15 is 0 Å². The Labute approximate surface area is 119 Å². The largest absolute Gasteiger partial charge is 0.370 e. The van der Waals surface area contributed by atoms with Gasteiger partial charge in [-0.2, -0.15) is 0 Å². The average Bonchev–Trinajstić information content (AvgIpc) is 2.99. The predicted octanol–water partition coefficient (Wildman–Crippen LogP) is 3.07. The Morgan fingerprint density at radius 3 is 3.00 bits per heavy atom. The van der Waals surface area contributed by atoms with Crippen molar-refractivity contribution in [2.75, 3.05) is 6.54 Å². The number of hydrogen-bond acceptors (Lipinski definition) is 4. The molecule has 104 valence electrons. The van der Waals surface area contributed by atoms with E-state index in [1.807, 2.05) is 11.3 Å². The fraction of sp³-hybridized carbons (Fsp3) is 0.667. The van der Waals surface area contributed by atoms with Crippen molar-refractivity contribution in [3.05, 3.63) is 22.4 Å². The lowest BCUT2D eigenvalue weighted by Gasteiger charge is -2.46. The number of nitrogens with two attached hydrogens (primary N) is 1. The lowest BCUT2D eigenvalue weighted by atomic mass is 9.71. The molecule has 3 unspecified atom stereocenters. The maximum atomic E-state index is 6.16. The quantitative estimate of drug-likeness (QED) is 0.902. The summed E-state index contributed by atoms with van der Waals surface area (Å²) in [6.07, 6.45) is 3.75. The molecule has 1 aromatic heterocycles. The SMILES string of the molecule is CC1CCC2(CN=C(N)N2Cc2cccs2)CC1C. The van der Waals surface area contributed by atoms with Gasteiger partial charge in [-0.05, 0) is 42.5 Å². The lowest BCUT2D eigenvalue weighted by Crippen LogP contribution is -2.54. The molecule has 1 aliphatic carbocycles. The Morgan fingerprint density at radius 1 is 1.47 bits per heavy atom. The molecule has 19 heavy (non-hydrogen) atoms. The molecule has 2 N–H and O–H groups in total. The minimum atomic E-state index is 0.194. The standard InChI is InChI=1S/C15H23N3S/c1-11-5-6-15(8-12(11)2)10-17-14(16)18(15)9-13-4-3-7-19-13/h3-4,7,11-12H,5-6,8-10H2,1-2H3,(H2,16,17). The molecule has 2 heterocycles. The zero-order chi connectivity index (χ0) is 13.5. The van der Waals surface area contributed by atoms with Crippen LogP contribution in [0.1, 0.15) is 38.0 Å². The van der Waals surface area contributed by atoms with Crippen LogP contribution in [0.2, 0.25) is 0 Å². The molecule has 1 spiro atoms. The Balaban J connectivity index is 1.81. The van der Waals surface area contributed by atoms with Gasteiger partial charge in [-0.15, -0.1) is 11.3 Å². The molecule has 0 aromatic carbocycles. The van der Waals surface area contributed by atoms with Crippen molar-refractivity contribution in [3.63, 3.8) is 0 Å². The van der Waals surface area contributed by atoms with E-state index in [-0.39, 0.29) is 5.54 Å². The van der Waals surface area contributed by atoms with E-state index in [9.17, 15) is 0 Å². The van der Waals surface area contributed by atoms with Crippen molar-refractivity contribution in [3.8, 4) is 0 Å². The van der Waals surface area contributed by atoms with Crippen LogP contribution in [0.3, 0.4) is 0 Å². The zero-order valence-corrected chi connectivity index (χ0v) is 12.6. The lowest BCUT2D eigenvalue weighted by molar-refractivity contribution is 0.0801. The number of rotatable bonds is 2. The van der Waals surface area contributed by atoms with E-state index in [0.29, 0.717) is 0 Å².